The third-order valence-electron chi connectivity index (χ3n) is 3.90. The van der Waals surface area contributed by atoms with Crippen LogP contribution in [0, 0.1) is 0 Å². The highest BCUT2D eigenvalue weighted by atomic mass is 127. The van der Waals surface area contributed by atoms with Crippen LogP contribution in [0.15, 0.2) is 41.5 Å². The number of aromatic amines is 1. The van der Waals surface area contributed by atoms with Crippen molar-refractivity contribution >= 4 is 35.9 Å². The molecule has 0 spiro atoms. The van der Waals surface area contributed by atoms with Crippen molar-refractivity contribution in [1.29, 1.82) is 0 Å². The Bertz CT molecular complexity index is 733. The highest BCUT2D eigenvalue weighted by molar-refractivity contribution is 14.0. The summed E-state index contributed by atoms with van der Waals surface area (Å²) in [6, 6.07) is 10.1. The average Bonchev–Trinajstić information content (AvgIpc) is 3.13. The van der Waals surface area contributed by atoms with Crippen molar-refractivity contribution in [3.8, 4) is 11.3 Å². The summed E-state index contributed by atoms with van der Waals surface area (Å²) in [7, 11) is 1.97. The maximum atomic E-state index is 11.4. The van der Waals surface area contributed by atoms with Crippen LogP contribution in [0.2, 0.25) is 0 Å². The van der Waals surface area contributed by atoms with Gasteiger partial charge in [-0.25, -0.2) is 4.98 Å². The van der Waals surface area contributed by atoms with E-state index in [0.29, 0.717) is 32.5 Å². The number of hydrogen-bond acceptors (Lipinski definition) is 4. The number of esters is 1. The smallest absolute Gasteiger partial charge is 0.305 e. The molecule has 0 fully saturated rings. The molecule has 0 aliphatic heterocycles. The monoisotopic (exact) mass is 499 g/mol. The third kappa shape index (κ3) is 7.87. The lowest BCUT2D eigenvalue weighted by molar-refractivity contribution is -0.143. The molecule has 8 heteroatoms. The number of H-pyrrole nitrogens is 1. The largest absolute Gasteiger partial charge is 0.466 e. The summed E-state index contributed by atoms with van der Waals surface area (Å²) in [5.74, 6) is 1.49. The van der Waals surface area contributed by atoms with Gasteiger partial charge in [-0.05, 0) is 25.8 Å². The summed E-state index contributed by atoms with van der Waals surface area (Å²) >= 11 is 0. The second kappa shape index (κ2) is 13.1. The Morgan fingerprint density at radius 2 is 2.04 bits per heavy atom. The number of benzene rings is 1. The van der Waals surface area contributed by atoms with Crippen molar-refractivity contribution in [2.75, 3.05) is 26.7 Å². The Hall–Kier alpha value is -2.10. The predicted molar refractivity (Wildman–Crippen MR) is 123 cm³/mol. The van der Waals surface area contributed by atoms with Gasteiger partial charge >= 0.3 is 5.97 Å². The maximum Gasteiger partial charge on any atom is 0.305 e. The zero-order chi connectivity index (χ0) is 19.5. The number of carbonyl (C=O) groups excluding carboxylic acids is 1. The number of ether oxygens (including phenoxy) is 1. The predicted octanol–water partition coefficient (Wildman–Crippen LogP) is 3.44. The van der Waals surface area contributed by atoms with Gasteiger partial charge in [0.15, 0.2) is 5.96 Å². The molecule has 0 atom stereocenters. The average molecular weight is 499 g/mol. The molecule has 0 amide bonds. The molecule has 28 heavy (non-hydrogen) atoms. The summed E-state index contributed by atoms with van der Waals surface area (Å²) in [5, 5.41) is 3.27. The quantitative estimate of drug-likeness (QED) is 0.182. The van der Waals surface area contributed by atoms with Crippen LogP contribution in [-0.4, -0.2) is 53.5 Å². The SMILES string of the molecule is CCNC(=NCCCC(=O)OCC)N(C)Cc1ncc(-c2ccccc2)[nH]1.I. The van der Waals surface area contributed by atoms with Crippen LogP contribution in [0.4, 0.5) is 0 Å². The van der Waals surface area contributed by atoms with E-state index in [0.717, 1.165) is 29.6 Å². The first-order chi connectivity index (χ1) is 13.1. The van der Waals surface area contributed by atoms with E-state index in [2.05, 4.69) is 32.4 Å². The maximum absolute atomic E-state index is 11.4. The summed E-state index contributed by atoms with van der Waals surface area (Å²) < 4.78 is 4.94. The van der Waals surface area contributed by atoms with Gasteiger partial charge in [0, 0.05) is 26.6 Å². The first-order valence-corrected chi connectivity index (χ1v) is 9.38. The van der Waals surface area contributed by atoms with Gasteiger partial charge in [0.25, 0.3) is 0 Å². The molecule has 1 heterocycles. The molecule has 1 aromatic carbocycles. The lowest BCUT2D eigenvalue weighted by atomic mass is 10.2. The third-order valence-corrected chi connectivity index (χ3v) is 3.90. The summed E-state index contributed by atoms with van der Waals surface area (Å²) in [6.07, 6.45) is 2.90. The van der Waals surface area contributed by atoms with Crippen LogP contribution in [0.3, 0.4) is 0 Å². The lowest BCUT2D eigenvalue weighted by Gasteiger charge is -2.21. The van der Waals surface area contributed by atoms with Crippen molar-refractivity contribution in [2.45, 2.75) is 33.2 Å². The number of nitrogens with zero attached hydrogens (tertiary/aromatic N) is 3. The Kier molecular flexibility index (Phi) is 11.2. The van der Waals surface area contributed by atoms with Crippen LogP contribution in [-0.2, 0) is 16.1 Å². The Balaban J connectivity index is 0.00000392. The summed E-state index contributed by atoms with van der Waals surface area (Å²) in [4.78, 5) is 25.8. The van der Waals surface area contributed by atoms with E-state index in [-0.39, 0.29) is 29.9 Å². The van der Waals surface area contributed by atoms with Gasteiger partial charge in [-0.15, -0.1) is 24.0 Å². The van der Waals surface area contributed by atoms with Crippen molar-refractivity contribution in [3.05, 3.63) is 42.4 Å². The molecule has 2 aromatic rings. The first-order valence-electron chi connectivity index (χ1n) is 9.38. The number of nitrogens with one attached hydrogen (secondary N) is 2. The fourth-order valence-electron chi connectivity index (χ4n) is 2.62. The second-order valence-corrected chi connectivity index (χ2v) is 6.11. The molecule has 0 unspecified atom stereocenters. The first kappa shape index (κ1) is 23.9. The van der Waals surface area contributed by atoms with E-state index >= 15 is 0 Å². The molecule has 0 radical (unpaired) electrons. The topological polar surface area (TPSA) is 82.6 Å². The fourth-order valence-corrected chi connectivity index (χ4v) is 2.62. The van der Waals surface area contributed by atoms with E-state index < -0.39 is 0 Å². The Morgan fingerprint density at radius 3 is 2.71 bits per heavy atom. The minimum atomic E-state index is -0.171. The standard InChI is InChI=1S/C20H29N5O2.HI/c1-4-21-20(22-13-9-12-19(26)27-5-2)25(3)15-18-23-14-17(24-18)16-10-7-6-8-11-16;/h6-8,10-11,14H,4-5,9,12-13,15H2,1-3H3,(H,21,22)(H,23,24);1H. The number of guanidine groups is 1. The number of rotatable bonds is 9. The molecule has 0 saturated heterocycles. The van der Waals surface area contributed by atoms with Crippen LogP contribution in [0.5, 0.6) is 0 Å². The molecule has 0 aliphatic carbocycles. The van der Waals surface area contributed by atoms with E-state index in [9.17, 15) is 4.79 Å². The van der Waals surface area contributed by atoms with E-state index in [1.54, 1.807) is 0 Å². The highest BCUT2D eigenvalue weighted by Gasteiger charge is 2.10. The Morgan fingerprint density at radius 1 is 1.29 bits per heavy atom. The van der Waals surface area contributed by atoms with E-state index in [4.69, 9.17) is 4.74 Å². The van der Waals surface area contributed by atoms with Crippen LogP contribution in [0.1, 0.15) is 32.5 Å². The van der Waals surface area contributed by atoms with E-state index in [1.807, 2.05) is 50.2 Å². The summed E-state index contributed by atoms with van der Waals surface area (Å²) in [5.41, 5.74) is 2.11. The van der Waals surface area contributed by atoms with Crippen molar-refractivity contribution < 1.29 is 9.53 Å². The molecule has 0 aliphatic rings. The molecule has 0 saturated carbocycles. The number of aromatic nitrogens is 2. The minimum absolute atomic E-state index is 0. The number of imidazole rings is 1. The molecule has 154 valence electrons. The molecule has 2 rings (SSSR count). The lowest BCUT2D eigenvalue weighted by Crippen LogP contribution is -2.38. The Labute approximate surface area is 184 Å². The van der Waals surface area contributed by atoms with Gasteiger partial charge in [-0.2, -0.15) is 0 Å². The molecule has 2 N–H and O–H groups in total. The van der Waals surface area contributed by atoms with Crippen LogP contribution >= 0.6 is 24.0 Å². The minimum Gasteiger partial charge on any atom is -0.466 e. The number of hydrogen-bond donors (Lipinski definition) is 2. The van der Waals surface area contributed by atoms with Gasteiger partial charge in [0.1, 0.15) is 5.82 Å². The molecular weight excluding hydrogens is 469 g/mol. The molecule has 1 aromatic heterocycles. The van der Waals surface area contributed by atoms with Gasteiger partial charge in [-0.1, -0.05) is 30.3 Å². The van der Waals surface area contributed by atoms with E-state index in [1.165, 1.54) is 0 Å². The normalized spacial score (nSPS) is 10.9. The van der Waals surface area contributed by atoms with Gasteiger partial charge < -0.3 is 19.9 Å². The number of aliphatic imine (C=N–C) groups is 1. The van der Waals surface area contributed by atoms with Crippen LogP contribution in [0.25, 0.3) is 11.3 Å². The zero-order valence-corrected chi connectivity index (χ0v) is 19.1. The number of carbonyl (C=O) groups is 1. The molecule has 0 bridgehead atoms. The summed E-state index contributed by atoms with van der Waals surface area (Å²) in [6.45, 7) is 6.21. The van der Waals surface area contributed by atoms with Gasteiger partial charge in [0.2, 0.25) is 0 Å². The van der Waals surface area contributed by atoms with Gasteiger partial charge in [-0.3, -0.25) is 9.79 Å². The molecule has 7 nitrogen and oxygen atoms in total. The van der Waals surface area contributed by atoms with Crippen molar-refractivity contribution in [1.82, 2.24) is 20.2 Å². The van der Waals surface area contributed by atoms with Crippen molar-refractivity contribution in [2.24, 2.45) is 4.99 Å². The second-order valence-electron chi connectivity index (χ2n) is 6.11. The highest BCUT2D eigenvalue weighted by Crippen LogP contribution is 2.16. The zero-order valence-electron chi connectivity index (χ0n) is 16.8. The van der Waals surface area contributed by atoms with Crippen molar-refractivity contribution in [3.63, 3.8) is 0 Å². The molecular formula is C20H30IN5O2. The van der Waals surface area contributed by atoms with Gasteiger partial charge in [0.05, 0.1) is 25.0 Å². The number of halogens is 1. The fraction of sp³-hybridized carbons (Fsp3) is 0.450. The van der Waals surface area contributed by atoms with Crippen LogP contribution < -0.4 is 5.32 Å².